The summed E-state index contributed by atoms with van der Waals surface area (Å²) in [7, 11) is 0. The molecule has 0 saturated carbocycles. The number of hydrogen-bond acceptors (Lipinski definition) is 4. The van der Waals surface area contributed by atoms with Crippen LogP contribution in [0.3, 0.4) is 0 Å². The predicted octanol–water partition coefficient (Wildman–Crippen LogP) is 3.95. The normalized spacial score (nSPS) is 11.4. The third-order valence-corrected chi connectivity index (χ3v) is 4.36. The molecule has 3 aromatic rings. The number of amides is 2. The van der Waals surface area contributed by atoms with Crippen molar-refractivity contribution < 1.29 is 18.7 Å². The first-order chi connectivity index (χ1) is 14.6. The van der Waals surface area contributed by atoms with Gasteiger partial charge in [-0.15, -0.1) is 0 Å². The van der Waals surface area contributed by atoms with Crippen molar-refractivity contribution >= 4 is 17.5 Å². The molecule has 1 atom stereocenters. The van der Waals surface area contributed by atoms with Crippen LogP contribution in [0.1, 0.15) is 29.3 Å². The van der Waals surface area contributed by atoms with Gasteiger partial charge in [0.15, 0.2) is 6.10 Å². The van der Waals surface area contributed by atoms with Crippen molar-refractivity contribution in [1.29, 1.82) is 0 Å². The van der Waals surface area contributed by atoms with Crippen LogP contribution in [0.4, 0.5) is 10.1 Å². The number of pyridine rings is 1. The summed E-state index contributed by atoms with van der Waals surface area (Å²) in [6.07, 6.45) is 2.95. The van der Waals surface area contributed by atoms with Gasteiger partial charge in [0.05, 0.1) is 11.3 Å². The van der Waals surface area contributed by atoms with Gasteiger partial charge < -0.3 is 15.4 Å². The highest BCUT2D eigenvalue weighted by molar-refractivity contribution is 6.04. The number of rotatable bonds is 8. The van der Waals surface area contributed by atoms with Gasteiger partial charge in [0.25, 0.3) is 11.8 Å². The van der Waals surface area contributed by atoms with E-state index in [0.29, 0.717) is 30.0 Å². The Labute approximate surface area is 174 Å². The number of carbonyl (C=O) groups excluding carboxylic acids is 2. The minimum atomic E-state index is -0.790. The lowest BCUT2D eigenvalue weighted by Crippen LogP contribution is -2.33. The Morgan fingerprint density at radius 3 is 2.53 bits per heavy atom. The molecule has 0 saturated heterocycles. The Balaban J connectivity index is 1.67. The van der Waals surface area contributed by atoms with Crippen molar-refractivity contribution in [2.24, 2.45) is 0 Å². The molecule has 6 nitrogen and oxygen atoms in total. The number of halogens is 1. The molecule has 3 rings (SSSR count). The van der Waals surface area contributed by atoms with Crippen molar-refractivity contribution in [3.05, 3.63) is 90.0 Å². The largest absolute Gasteiger partial charge is 0.481 e. The maximum absolute atomic E-state index is 13.1. The van der Waals surface area contributed by atoms with E-state index in [0.717, 1.165) is 5.56 Å². The van der Waals surface area contributed by atoms with Crippen LogP contribution in [-0.2, 0) is 11.3 Å². The van der Waals surface area contributed by atoms with E-state index in [-0.39, 0.29) is 11.7 Å². The first-order valence-electron chi connectivity index (χ1n) is 9.56. The van der Waals surface area contributed by atoms with Crippen LogP contribution in [0.25, 0.3) is 0 Å². The van der Waals surface area contributed by atoms with Gasteiger partial charge in [-0.2, -0.15) is 0 Å². The Morgan fingerprint density at radius 2 is 1.83 bits per heavy atom. The summed E-state index contributed by atoms with van der Waals surface area (Å²) >= 11 is 0. The molecular weight excluding hydrogens is 385 g/mol. The number of nitrogens with one attached hydrogen (secondary N) is 2. The molecule has 7 heteroatoms. The number of ether oxygens (including phenoxy) is 1. The number of benzene rings is 2. The third kappa shape index (κ3) is 5.64. The average Bonchev–Trinajstić information content (AvgIpc) is 2.78. The number of anilines is 1. The van der Waals surface area contributed by atoms with E-state index in [1.807, 2.05) is 6.07 Å². The Hall–Kier alpha value is -3.74. The number of para-hydroxylation sites is 1. The quantitative estimate of drug-likeness (QED) is 0.593. The van der Waals surface area contributed by atoms with Crippen LogP contribution in [-0.4, -0.2) is 22.9 Å². The van der Waals surface area contributed by atoms with Gasteiger partial charge in [0.2, 0.25) is 0 Å². The molecule has 2 N–H and O–H groups in total. The zero-order valence-electron chi connectivity index (χ0n) is 16.5. The minimum absolute atomic E-state index is 0.317. The van der Waals surface area contributed by atoms with E-state index >= 15 is 0 Å². The van der Waals surface area contributed by atoms with E-state index in [2.05, 4.69) is 15.6 Å². The van der Waals surface area contributed by atoms with E-state index in [1.54, 1.807) is 49.6 Å². The second kappa shape index (κ2) is 10.2. The third-order valence-electron chi connectivity index (χ3n) is 4.36. The summed E-state index contributed by atoms with van der Waals surface area (Å²) in [4.78, 5) is 29.4. The van der Waals surface area contributed by atoms with Crippen molar-refractivity contribution in [1.82, 2.24) is 10.3 Å². The molecule has 0 aliphatic rings. The first kappa shape index (κ1) is 21.0. The highest BCUT2D eigenvalue weighted by Gasteiger charge is 2.21. The van der Waals surface area contributed by atoms with Crippen molar-refractivity contribution in [2.75, 3.05) is 5.32 Å². The van der Waals surface area contributed by atoms with Gasteiger partial charge >= 0.3 is 0 Å². The number of nitrogens with zero attached hydrogens (tertiary/aromatic N) is 1. The molecule has 2 amide bonds. The summed E-state index contributed by atoms with van der Waals surface area (Å²) in [5.41, 5.74) is 1.59. The lowest BCUT2D eigenvalue weighted by Gasteiger charge is -2.18. The second-order valence-corrected chi connectivity index (χ2v) is 6.55. The number of aromatic nitrogens is 1. The highest BCUT2D eigenvalue weighted by Crippen LogP contribution is 2.18. The van der Waals surface area contributed by atoms with Crippen molar-refractivity contribution in [2.45, 2.75) is 26.0 Å². The van der Waals surface area contributed by atoms with E-state index < -0.39 is 12.0 Å². The minimum Gasteiger partial charge on any atom is -0.481 e. The monoisotopic (exact) mass is 407 g/mol. The highest BCUT2D eigenvalue weighted by atomic mass is 19.1. The number of carbonyl (C=O) groups is 2. The molecule has 30 heavy (non-hydrogen) atoms. The summed E-state index contributed by atoms with van der Waals surface area (Å²) in [6, 6.07) is 15.9. The van der Waals surface area contributed by atoms with E-state index in [1.165, 1.54) is 24.3 Å². The van der Waals surface area contributed by atoms with Gasteiger partial charge in [-0.25, -0.2) is 4.39 Å². The van der Waals surface area contributed by atoms with Crippen LogP contribution in [0, 0.1) is 5.82 Å². The Morgan fingerprint density at radius 1 is 1.07 bits per heavy atom. The fourth-order valence-electron chi connectivity index (χ4n) is 2.78. The summed E-state index contributed by atoms with van der Waals surface area (Å²) in [6.45, 7) is 2.13. The SMILES string of the molecule is CC[C@H](Oc1ccc(F)cc1)C(=O)Nc1ccccc1C(=O)NCc1cccnc1. The Bertz CT molecular complexity index is 994. The standard InChI is InChI=1S/C23H22FN3O3/c1-2-21(30-18-11-9-17(24)10-12-18)23(29)27-20-8-4-3-7-19(20)22(28)26-15-16-6-5-13-25-14-16/h3-14,21H,2,15H2,1H3,(H,26,28)(H,27,29)/t21-/m0/s1. The topological polar surface area (TPSA) is 80.3 Å². The average molecular weight is 407 g/mol. The summed E-state index contributed by atoms with van der Waals surface area (Å²) in [5.74, 6) is -0.705. The van der Waals surface area contributed by atoms with E-state index in [9.17, 15) is 14.0 Å². The molecule has 2 aromatic carbocycles. The molecule has 0 bridgehead atoms. The molecule has 0 radical (unpaired) electrons. The zero-order valence-corrected chi connectivity index (χ0v) is 16.5. The van der Waals surface area contributed by atoms with Crippen LogP contribution in [0.5, 0.6) is 5.75 Å². The smallest absolute Gasteiger partial charge is 0.265 e. The molecule has 0 unspecified atom stereocenters. The fraction of sp³-hybridized carbons (Fsp3) is 0.174. The van der Waals surface area contributed by atoms with Gasteiger partial charge in [-0.3, -0.25) is 14.6 Å². The fourth-order valence-corrected chi connectivity index (χ4v) is 2.78. The molecule has 0 aliphatic carbocycles. The second-order valence-electron chi connectivity index (χ2n) is 6.55. The first-order valence-corrected chi connectivity index (χ1v) is 9.56. The molecule has 1 aromatic heterocycles. The van der Waals surface area contributed by atoms with Crippen molar-refractivity contribution in [3.63, 3.8) is 0 Å². The van der Waals surface area contributed by atoms with Crippen LogP contribution < -0.4 is 15.4 Å². The van der Waals surface area contributed by atoms with Crippen LogP contribution in [0.15, 0.2) is 73.1 Å². The van der Waals surface area contributed by atoms with Crippen molar-refractivity contribution in [3.8, 4) is 5.75 Å². The summed E-state index contributed by atoms with van der Waals surface area (Å²) < 4.78 is 18.7. The Kier molecular flexibility index (Phi) is 7.10. The maximum Gasteiger partial charge on any atom is 0.265 e. The summed E-state index contributed by atoms with van der Waals surface area (Å²) in [5, 5.41) is 5.58. The van der Waals surface area contributed by atoms with E-state index in [4.69, 9.17) is 4.74 Å². The van der Waals surface area contributed by atoms with Crippen LogP contribution in [0.2, 0.25) is 0 Å². The molecule has 0 fully saturated rings. The molecular formula is C23H22FN3O3. The zero-order chi connectivity index (χ0) is 21.3. The molecule has 0 spiro atoms. The maximum atomic E-state index is 13.1. The van der Waals surface area contributed by atoms with Gasteiger partial charge in [0, 0.05) is 18.9 Å². The molecule has 0 aliphatic heterocycles. The predicted molar refractivity (Wildman–Crippen MR) is 112 cm³/mol. The van der Waals surface area contributed by atoms with Gasteiger partial charge in [-0.1, -0.05) is 25.1 Å². The van der Waals surface area contributed by atoms with Gasteiger partial charge in [0.1, 0.15) is 11.6 Å². The lowest BCUT2D eigenvalue weighted by molar-refractivity contribution is -0.122. The lowest BCUT2D eigenvalue weighted by atomic mass is 10.1. The number of hydrogen-bond donors (Lipinski definition) is 2. The molecule has 154 valence electrons. The van der Waals surface area contributed by atoms with Gasteiger partial charge in [-0.05, 0) is 54.4 Å². The van der Waals surface area contributed by atoms with Crippen LogP contribution >= 0.6 is 0 Å². The molecule has 1 heterocycles.